The summed E-state index contributed by atoms with van der Waals surface area (Å²) in [7, 11) is 0. The molecule has 1 amide bonds. The minimum atomic E-state index is -0.0208. The van der Waals surface area contributed by atoms with E-state index in [-0.39, 0.29) is 17.6 Å². The monoisotopic (exact) mass is 402 g/mol. The van der Waals surface area contributed by atoms with Crippen molar-refractivity contribution >= 4 is 5.91 Å². The van der Waals surface area contributed by atoms with Crippen molar-refractivity contribution in [1.82, 2.24) is 29.4 Å². The number of hydrogen-bond donors (Lipinski definition) is 1. The molecule has 0 fully saturated rings. The van der Waals surface area contributed by atoms with Gasteiger partial charge in [0.15, 0.2) is 0 Å². The lowest BCUT2D eigenvalue weighted by atomic mass is 10.1. The number of nitrogens with one attached hydrogen (secondary N) is 1. The third-order valence-electron chi connectivity index (χ3n) is 5.99. The lowest BCUT2D eigenvalue weighted by molar-refractivity contribution is -0.122. The molecule has 1 atom stereocenters. The van der Waals surface area contributed by atoms with E-state index < -0.39 is 0 Å². The Hall–Kier alpha value is -2.38. The number of aryl methyl sites for hydroxylation is 4. The lowest BCUT2D eigenvalue weighted by Crippen LogP contribution is -2.36. The number of carbonyl (C=O) groups is 1. The van der Waals surface area contributed by atoms with Crippen LogP contribution in [0.2, 0.25) is 0 Å². The molecule has 1 aliphatic heterocycles. The van der Waals surface area contributed by atoms with Crippen LogP contribution in [0.25, 0.3) is 0 Å². The third-order valence-corrected chi connectivity index (χ3v) is 5.99. The molecule has 1 unspecified atom stereocenters. The highest BCUT2D eigenvalue weighted by atomic mass is 16.2. The van der Waals surface area contributed by atoms with Crippen molar-refractivity contribution in [2.24, 2.45) is 5.92 Å². The van der Waals surface area contributed by atoms with Crippen LogP contribution in [-0.2, 0) is 30.8 Å². The van der Waals surface area contributed by atoms with E-state index in [1.165, 1.54) is 5.56 Å². The van der Waals surface area contributed by atoms with Crippen LogP contribution in [-0.4, -0.2) is 36.1 Å². The Kier molecular flexibility index (Phi) is 6.59. The molecule has 2 aromatic heterocycles. The maximum atomic E-state index is 12.6. The van der Waals surface area contributed by atoms with Gasteiger partial charge in [-0.25, -0.2) is 9.48 Å². The Bertz CT molecular complexity index is 920. The van der Waals surface area contributed by atoms with E-state index in [2.05, 4.69) is 36.3 Å². The first-order valence-electron chi connectivity index (χ1n) is 10.7. The second kappa shape index (κ2) is 8.97. The van der Waals surface area contributed by atoms with E-state index in [9.17, 15) is 9.59 Å². The van der Waals surface area contributed by atoms with Crippen LogP contribution in [0.15, 0.2) is 4.79 Å². The van der Waals surface area contributed by atoms with Gasteiger partial charge in [-0.15, -0.1) is 0 Å². The maximum Gasteiger partial charge on any atom is 0.345 e. The summed E-state index contributed by atoms with van der Waals surface area (Å²) in [5.41, 5.74) is 3.29. The second-order valence-electron chi connectivity index (χ2n) is 8.62. The summed E-state index contributed by atoms with van der Waals surface area (Å²) in [6.45, 7) is 12.2. The number of carbonyl (C=O) groups excluding carboxylic acids is 1. The number of rotatable bonds is 7. The van der Waals surface area contributed by atoms with Gasteiger partial charge in [0.25, 0.3) is 0 Å². The smallest absolute Gasteiger partial charge is 0.345 e. The van der Waals surface area contributed by atoms with Gasteiger partial charge in [0.2, 0.25) is 5.91 Å². The van der Waals surface area contributed by atoms with Crippen molar-refractivity contribution in [2.75, 3.05) is 0 Å². The fourth-order valence-corrected chi connectivity index (χ4v) is 3.81. The van der Waals surface area contributed by atoms with E-state index in [0.29, 0.717) is 38.4 Å². The van der Waals surface area contributed by atoms with Gasteiger partial charge < -0.3 is 5.32 Å². The molecule has 3 heterocycles. The lowest BCUT2D eigenvalue weighted by Gasteiger charge is -2.16. The number of hydrogen-bond acceptors (Lipinski definition) is 4. The highest BCUT2D eigenvalue weighted by Crippen LogP contribution is 2.14. The van der Waals surface area contributed by atoms with Gasteiger partial charge in [-0.05, 0) is 51.5 Å². The largest absolute Gasteiger partial charge is 0.353 e. The predicted molar refractivity (Wildman–Crippen MR) is 112 cm³/mol. The summed E-state index contributed by atoms with van der Waals surface area (Å²) in [6, 6.07) is 0.0786. The first kappa shape index (κ1) is 21.3. The van der Waals surface area contributed by atoms with E-state index in [1.807, 2.05) is 18.5 Å². The number of fused-ring (bicyclic) bond motifs is 1. The highest BCUT2D eigenvalue weighted by molar-refractivity contribution is 5.76. The molecule has 0 saturated heterocycles. The molecule has 8 nitrogen and oxygen atoms in total. The van der Waals surface area contributed by atoms with E-state index in [0.717, 1.165) is 36.5 Å². The van der Waals surface area contributed by atoms with Crippen molar-refractivity contribution < 1.29 is 4.79 Å². The Labute approximate surface area is 172 Å². The van der Waals surface area contributed by atoms with Crippen molar-refractivity contribution in [3.8, 4) is 0 Å². The molecule has 1 aliphatic rings. The van der Waals surface area contributed by atoms with Gasteiger partial charge in [-0.2, -0.15) is 10.2 Å². The van der Waals surface area contributed by atoms with Crippen LogP contribution in [0.4, 0.5) is 0 Å². The first-order chi connectivity index (χ1) is 13.8. The molecule has 29 heavy (non-hydrogen) atoms. The van der Waals surface area contributed by atoms with Crippen molar-refractivity contribution in [1.29, 1.82) is 0 Å². The molecule has 0 aromatic carbocycles. The molecule has 160 valence electrons. The number of aromatic nitrogens is 5. The molecule has 0 radical (unpaired) electrons. The molecule has 0 saturated carbocycles. The molecule has 0 spiro atoms. The summed E-state index contributed by atoms with van der Waals surface area (Å²) in [6.07, 6.45) is 3.64. The van der Waals surface area contributed by atoms with Gasteiger partial charge in [0.1, 0.15) is 5.82 Å². The molecular formula is C21H34N6O2. The van der Waals surface area contributed by atoms with Crippen LogP contribution in [0.3, 0.4) is 0 Å². The average Bonchev–Trinajstić information content (AvgIpc) is 3.00. The van der Waals surface area contributed by atoms with Crippen LogP contribution in [0.5, 0.6) is 0 Å². The van der Waals surface area contributed by atoms with Crippen molar-refractivity contribution in [2.45, 2.75) is 92.4 Å². The van der Waals surface area contributed by atoms with Crippen LogP contribution < -0.4 is 11.0 Å². The Balaban J connectivity index is 1.52. The van der Waals surface area contributed by atoms with Crippen molar-refractivity contribution in [3.63, 3.8) is 0 Å². The zero-order chi connectivity index (χ0) is 21.1. The second-order valence-corrected chi connectivity index (χ2v) is 8.62. The van der Waals surface area contributed by atoms with E-state index in [1.54, 1.807) is 9.25 Å². The molecule has 2 aromatic rings. The standard InChI is InChI=1S/C21H34N6O2/c1-14(2)8-12-27-21(29)25-11-9-18(6-7-19(25)24-27)22-20(28)10-13-26-17(5)15(3)16(4)23-26/h14,18H,6-13H2,1-5H3,(H,22,28). The molecule has 1 N–H and O–H groups in total. The van der Waals surface area contributed by atoms with Gasteiger partial charge in [0.05, 0.1) is 5.69 Å². The van der Waals surface area contributed by atoms with Gasteiger partial charge >= 0.3 is 5.69 Å². The van der Waals surface area contributed by atoms with Gasteiger partial charge in [-0.3, -0.25) is 14.0 Å². The molecular weight excluding hydrogens is 368 g/mol. The third kappa shape index (κ3) is 4.97. The Morgan fingerprint density at radius 2 is 1.90 bits per heavy atom. The predicted octanol–water partition coefficient (Wildman–Crippen LogP) is 2.12. The van der Waals surface area contributed by atoms with Crippen molar-refractivity contribution in [3.05, 3.63) is 33.3 Å². The Morgan fingerprint density at radius 1 is 1.14 bits per heavy atom. The number of nitrogens with zero attached hydrogens (tertiary/aromatic N) is 5. The summed E-state index contributed by atoms with van der Waals surface area (Å²) in [5.74, 6) is 1.42. The SMILES string of the molecule is Cc1nn(CCC(=O)NC2CCc3nn(CCC(C)C)c(=O)n3CC2)c(C)c1C. The first-order valence-corrected chi connectivity index (χ1v) is 10.7. The van der Waals surface area contributed by atoms with Crippen LogP contribution >= 0.6 is 0 Å². The minimum Gasteiger partial charge on any atom is -0.353 e. The topological polar surface area (TPSA) is 86.7 Å². The molecule has 3 rings (SSSR count). The quantitative estimate of drug-likeness (QED) is 0.769. The zero-order valence-corrected chi connectivity index (χ0v) is 18.4. The molecule has 8 heteroatoms. The summed E-state index contributed by atoms with van der Waals surface area (Å²) < 4.78 is 5.29. The molecule has 0 aliphatic carbocycles. The summed E-state index contributed by atoms with van der Waals surface area (Å²) in [4.78, 5) is 25.0. The molecule has 0 bridgehead atoms. The maximum absolute atomic E-state index is 12.6. The van der Waals surface area contributed by atoms with Gasteiger partial charge in [-0.1, -0.05) is 13.8 Å². The number of amides is 1. The average molecular weight is 403 g/mol. The Morgan fingerprint density at radius 3 is 2.55 bits per heavy atom. The summed E-state index contributed by atoms with van der Waals surface area (Å²) >= 11 is 0. The van der Waals surface area contributed by atoms with E-state index >= 15 is 0 Å². The zero-order valence-electron chi connectivity index (χ0n) is 18.4. The van der Waals surface area contributed by atoms with Crippen LogP contribution in [0, 0.1) is 26.7 Å². The van der Waals surface area contributed by atoms with Gasteiger partial charge in [0, 0.05) is 44.2 Å². The summed E-state index contributed by atoms with van der Waals surface area (Å²) in [5, 5.41) is 12.2. The highest BCUT2D eigenvalue weighted by Gasteiger charge is 2.22. The fraction of sp³-hybridized carbons (Fsp3) is 0.714. The minimum absolute atomic E-state index is 0.0208. The van der Waals surface area contributed by atoms with E-state index in [4.69, 9.17) is 0 Å². The normalized spacial score (nSPS) is 16.7. The fourth-order valence-electron chi connectivity index (χ4n) is 3.81. The van der Waals surface area contributed by atoms with Crippen LogP contribution in [0.1, 0.15) is 62.3 Å².